The predicted octanol–water partition coefficient (Wildman–Crippen LogP) is 8.21. The van der Waals surface area contributed by atoms with Gasteiger partial charge in [-0.2, -0.15) is 0 Å². The largest absolute Gasteiger partial charge is 0.388 e. The first kappa shape index (κ1) is 23.9. The van der Waals surface area contributed by atoms with Crippen molar-refractivity contribution in [3.63, 3.8) is 0 Å². The summed E-state index contributed by atoms with van der Waals surface area (Å²) in [6.07, 6.45) is 10.3. The zero-order valence-corrected chi connectivity index (χ0v) is 19.6. The summed E-state index contributed by atoms with van der Waals surface area (Å²) in [4.78, 5) is 0. The maximum atomic E-state index is 15.0. The summed E-state index contributed by atoms with van der Waals surface area (Å²) in [5.74, 6) is 0. The second kappa shape index (κ2) is 11.2. The zero-order chi connectivity index (χ0) is 22.1. The molecule has 1 N–H and O–H groups in total. The maximum absolute atomic E-state index is 15.0. The fourth-order valence-corrected chi connectivity index (χ4v) is 3.64. The molecule has 0 bridgehead atoms. The summed E-state index contributed by atoms with van der Waals surface area (Å²) in [5.41, 5.74) is 5.96. The highest BCUT2D eigenvalue weighted by Gasteiger charge is 2.24. The molecular weight excluding hydrogens is 369 g/mol. The van der Waals surface area contributed by atoms with Crippen LogP contribution in [0, 0.1) is 0 Å². The molecule has 0 amide bonds. The molecule has 2 aromatic carbocycles. The highest BCUT2D eigenvalue weighted by molar-refractivity contribution is 5.75. The Balaban J connectivity index is 2.38. The van der Waals surface area contributed by atoms with E-state index in [-0.39, 0.29) is 0 Å². The van der Waals surface area contributed by atoms with Crippen molar-refractivity contribution in [3.8, 4) is 11.1 Å². The molecule has 0 aliphatic carbocycles. The van der Waals surface area contributed by atoms with Crippen LogP contribution >= 0.6 is 0 Å². The third kappa shape index (κ3) is 6.86. The molecule has 1 nitrogen and oxygen atoms in total. The molecule has 162 valence electrons. The first-order valence-corrected chi connectivity index (χ1v) is 11.2. The van der Waals surface area contributed by atoms with E-state index in [0.29, 0.717) is 5.56 Å². The minimum atomic E-state index is -1.42. The number of aryl methyl sites for hydroxylation is 1. The average molecular weight is 408 g/mol. The molecule has 30 heavy (non-hydrogen) atoms. The van der Waals surface area contributed by atoms with Gasteiger partial charge in [-0.05, 0) is 74.9 Å². The lowest BCUT2D eigenvalue weighted by Crippen LogP contribution is -2.16. The number of hydrogen-bond donors (Lipinski definition) is 1. The Labute approximate surface area is 183 Å². The van der Waals surface area contributed by atoms with Crippen molar-refractivity contribution in [3.05, 3.63) is 76.9 Å². The van der Waals surface area contributed by atoms with Gasteiger partial charge >= 0.3 is 0 Å². The number of alkyl halides is 1. The summed E-state index contributed by atoms with van der Waals surface area (Å²) in [6.45, 7) is 9.60. The SMILES string of the molecule is CCCCCCc1ccc(-c2ccc(C(C)(C)F)c(/C(=C/C=C(C)C)NC)c2)cc1. The fraction of sp³-hybridized carbons (Fsp3) is 0.429. The lowest BCUT2D eigenvalue weighted by atomic mass is 9.89. The second-order valence-corrected chi connectivity index (χ2v) is 8.81. The summed E-state index contributed by atoms with van der Waals surface area (Å²) < 4.78 is 15.0. The Morgan fingerprint density at radius 2 is 1.60 bits per heavy atom. The van der Waals surface area contributed by atoms with Crippen LogP contribution in [0.5, 0.6) is 0 Å². The fourth-order valence-electron chi connectivity index (χ4n) is 3.64. The molecule has 0 aliphatic rings. The second-order valence-electron chi connectivity index (χ2n) is 8.81. The van der Waals surface area contributed by atoms with Gasteiger partial charge in [0, 0.05) is 18.3 Å². The summed E-state index contributed by atoms with van der Waals surface area (Å²) in [5, 5.41) is 3.26. The van der Waals surface area contributed by atoms with Crippen LogP contribution in [0.4, 0.5) is 4.39 Å². The van der Waals surface area contributed by atoms with Crippen molar-refractivity contribution >= 4 is 5.70 Å². The van der Waals surface area contributed by atoms with Crippen LogP contribution in [-0.4, -0.2) is 7.05 Å². The van der Waals surface area contributed by atoms with Crippen LogP contribution in [0.15, 0.2) is 60.2 Å². The van der Waals surface area contributed by atoms with E-state index in [1.165, 1.54) is 36.8 Å². The highest BCUT2D eigenvalue weighted by Crippen LogP contribution is 2.34. The molecule has 0 saturated heterocycles. The standard InChI is InChI=1S/C28H38FN/c1-7-8-9-10-11-22-13-15-23(16-14-22)24-17-18-26(28(4,5)29)25(20-24)27(30-6)19-12-21(2)3/h12-20,30H,7-11H2,1-6H3/b27-19-. The molecule has 2 aromatic rings. The number of rotatable bonds is 10. The van der Waals surface area contributed by atoms with Crippen LogP contribution in [0.2, 0.25) is 0 Å². The van der Waals surface area contributed by atoms with Crippen LogP contribution in [0.25, 0.3) is 16.8 Å². The number of benzene rings is 2. The number of unbranched alkanes of at least 4 members (excludes halogenated alkanes) is 3. The van der Waals surface area contributed by atoms with E-state index < -0.39 is 5.67 Å². The predicted molar refractivity (Wildman–Crippen MR) is 130 cm³/mol. The first-order chi connectivity index (χ1) is 14.3. The minimum absolute atomic E-state index is 0.696. The molecule has 0 radical (unpaired) electrons. The first-order valence-electron chi connectivity index (χ1n) is 11.2. The van der Waals surface area contributed by atoms with Crippen LogP contribution in [0.1, 0.15) is 77.0 Å². The quantitative estimate of drug-likeness (QED) is 0.309. The molecule has 0 fully saturated rings. The topological polar surface area (TPSA) is 12.0 Å². The Bertz CT molecular complexity index is 863. The Hall–Kier alpha value is -2.35. The molecule has 2 rings (SSSR count). The van der Waals surface area contributed by atoms with E-state index >= 15 is 0 Å². The van der Waals surface area contributed by atoms with Gasteiger partial charge in [-0.15, -0.1) is 0 Å². The van der Waals surface area contributed by atoms with E-state index in [1.807, 2.05) is 25.3 Å². The molecule has 0 aromatic heterocycles. The average Bonchev–Trinajstić information content (AvgIpc) is 2.71. The lowest BCUT2D eigenvalue weighted by molar-refractivity contribution is 0.221. The molecule has 2 heteroatoms. The molecule has 0 saturated carbocycles. The van der Waals surface area contributed by atoms with Gasteiger partial charge in [0.1, 0.15) is 5.67 Å². The molecule has 0 aliphatic heterocycles. The van der Waals surface area contributed by atoms with E-state index in [0.717, 1.165) is 28.8 Å². The van der Waals surface area contributed by atoms with Crippen molar-refractivity contribution in [2.45, 2.75) is 72.4 Å². The molecule has 0 heterocycles. The van der Waals surface area contributed by atoms with Gasteiger partial charge in [0.2, 0.25) is 0 Å². The Morgan fingerprint density at radius 1 is 0.933 bits per heavy atom. The maximum Gasteiger partial charge on any atom is 0.131 e. The van der Waals surface area contributed by atoms with E-state index in [4.69, 9.17) is 0 Å². The summed E-state index contributed by atoms with van der Waals surface area (Å²) in [7, 11) is 1.89. The monoisotopic (exact) mass is 407 g/mol. The van der Waals surface area contributed by atoms with Crippen molar-refractivity contribution < 1.29 is 4.39 Å². The third-order valence-corrected chi connectivity index (χ3v) is 5.41. The number of nitrogens with one attached hydrogen (secondary N) is 1. The third-order valence-electron chi connectivity index (χ3n) is 5.41. The Kier molecular flexibility index (Phi) is 8.89. The van der Waals surface area contributed by atoms with Crippen molar-refractivity contribution in [1.29, 1.82) is 0 Å². The molecular formula is C28H38FN. The Morgan fingerprint density at radius 3 is 2.17 bits per heavy atom. The van der Waals surface area contributed by atoms with Gasteiger partial charge in [0.05, 0.1) is 0 Å². The number of allylic oxidation sites excluding steroid dienone is 3. The lowest BCUT2D eigenvalue weighted by Gasteiger charge is -2.22. The smallest absolute Gasteiger partial charge is 0.131 e. The number of hydrogen-bond acceptors (Lipinski definition) is 1. The van der Waals surface area contributed by atoms with Crippen molar-refractivity contribution in [1.82, 2.24) is 5.32 Å². The van der Waals surface area contributed by atoms with Crippen molar-refractivity contribution in [2.24, 2.45) is 0 Å². The van der Waals surface area contributed by atoms with Crippen LogP contribution in [-0.2, 0) is 12.1 Å². The van der Waals surface area contributed by atoms with Gasteiger partial charge in [0.15, 0.2) is 0 Å². The highest BCUT2D eigenvalue weighted by atomic mass is 19.1. The van der Waals surface area contributed by atoms with E-state index in [9.17, 15) is 4.39 Å². The number of halogens is 1. The van der Waals surface area contributed by atoms with Gasteiger partial charge in [0.25, 0.3) is 0 Å². The van der Waals surface area contributed by atoms with Gasteiger partial charge < -0.3 is 5.32 Å². The molecule has 0 unspecified atom stereocenters. The van der Waals surface area contributed by atoms with E-state index in [2.05, 4.69) is 62.5 Å². The summed E-state index contributed by atoms with van der Waals surface area (Å²) in [6, 6.07) is 14.9. The van der Waals surface area contributed by atoms with Crippen molar-refractivity contribution in [2.75, 3.05) is 7.05 Å². The minimum Gasteiger partial charge on any atom is -0.388 e. The summed E-state index contributed by atoms with van der Waals surface area (Å²) >= 11 is 0. The normalized spacial score (nSPS) is 12.0. The van der Waals surface area contributed by atoms with E-state index in [1.54, 1.807) is 13.8 Å². The van der Waals surface area contributed by atoms with Gasteiger partial charge in [-0.3, -0.25) is 0 Å². The van der Waals surface area contributed by atoms with Crippen LogP contribution < -0.4 is 5.32 Å². The molecule has 0 spiro atoms. The van der Waals surface area contributed by atoms with Crippen LogP contribution in [0.3, 0.4) is 0 Å². The van der Waals surface area contributed by atoms with Gasteiger partial charge in [-0.1, -0.05) is 74.2 Å². The zero-order valence-electron chi connectivity index (χ0n) is 19.6. The van der Waals surface area contributed by atoms with Gasteiger partial charge in [-0.25, -0.2) is 4.39 Å². The molecule has 0 atom stereocenters.